The molecule has 0 amide bonds. The molecule has 6 nitrogen and oxygen atoms in total. The Hall–Kier alpha value is -2.21. The van der Waals surface area contributed by atoms with Crippen molar-refractivity contribution < 1.29 is 0 Å². The molecule has 18 heavy (non-hydrogen) atoms. The fourth-order valence-electron chi connectivity index (χ4n) is 1.72. The molecule has 0 unspecified atom stereocenters. The third kappa shape index (κ3) is 1.86. The van der Waals surface area contributed by atoms with Crippen LogP contribution in [0.1, 0.15) is 5.69 Å². The Labute approximate surface area is 107 Å². The smallest absolute Gasteiger partial charge is 0.165 e. The zero-order valence-corrected chi connectivity index (χ0v) is 10.0. The highest BCUT2D eigenvalue weighted by molar-refractivity contribution is 6.30. The van der Waals surface area contributed by atoms with E-state index in [2.05, 4.69) is 19.9 Å². The van der Waals surface area contributed by atoms with Crippen molar-refractivity contribution in [1.82, 2.24) is 24.5 Å². The topological polar surface area (TPSA) is 82.5 Å². The summed E-state index contributed by atoms with van der Waals surface area (Å²) in [4.78, 5) is 16.5. The molecule has 0 atom stereocenters. The van der Waals surface area contributed by atoms with Crippen molar-refractivity contribution in [3.8, 4) is 0 Å². The molecule has 3 aromatic rings. The molecule has 0 radical (unpaired) electrons. The third-order valence-electron chi connectivity index (χ3n) is 2.54. The lowest BCUT2D eigenvalue weighted by atomic mass is 10.3. The van der Waals surface area contributed by atoms with E-state index in [9.17, 15) is 0 Å². The molecule has 0 fully saturated rings. The normalized spacial score (nSPS) is 10.9. The van der Waals surface area contributed by atoms with Crippen molar-refractivity contribution in [3.05, 3.63) is 41.7 Å². The highest BCUT2D eigenvalue weighted by Crippen LogP contribution is 2.16. The lowest BCUT2D eigenvalue weighted by molar-refractivity contribution is 0.788. The molecule has 3 rings (SSSR count). The van der Waals surface area contributed by atoms with E-state index < -0.39 is 0 Å². The Balaban J connectivity index is 2.03. The number of hydrogen-bond donors (Lipinski definition) is 1. The molecule has 0 aliphatic rings. The SMILES string of the molecule is Nc1ncnc2c1ncn2Cc1cc(Cl)ccn1. The number of nitrogens with two attached hydrogens (primary N) is 1. The van der Waals surface area contributed by atoms with E-state index in [1.54, 1.807) is 24.7 Å². The van der Waals surface area contributed by atoms with Gasteiger partial charge in [0.25, 0.3) is 0 Å². The molecular formula is C11H9ClN6. The van der Waals surface area contributed by atoms with Crippen LogP contribution in [0.15, 0.2) is 31.0 Å². The van der Waals surface area contributed by atoms with Crippen LogP contribution < -0.4 is 5.73 Å². The minimum atomic E-state index is 0.373. The Kier molecular flexibility index (Phi) is 2.56. The third-order valence-corrected chi connectivity index (χ3v) is 2.78. The Morgan fingerprint density at radius 2 is 2.11 bits per heavy atom. The summed E-state index contributed by atoms with van der Waals surface area (Å²) in [6.07, 6.45) is 4.75. The van der Waals surface area contributed by atoms with Gasteiger partial charge in [-0.1, -0.05) is 11.6 Å². The van der Waals surface area contributed by atoms with E-state index >= 15 is 0 Å². The standard InChI is InChI=1S/C11H9ClN6/c12-7-1-2-14-8(3-7)4-18-6-17-9-10(13)15-5-16-11(9)18/h1-3,5-6H,4H2,(H2,13,15,16). The van der Waals surface area contributed by atoms with Crippen molar-refractivity contribution in [1.29, 1.82) is 0 Å². The lowest BCUT2D eigenvalue weighted by Crippen LogP contribution is -2.02. The Bertz CT molecular complexity index is 708. The molecule has 0 spiro atoms. The number of pyridine rings is 1. The number of fused-ring (bicyclic) bond motifs is 1. The van der Waals surface area contributed by atoms with Crippen LogP contribution in [0.2, 0.25) is 5.02 Å². The van der Waals surface area contributed by atoms with Crippen molar-refractivity contribution in [2.75, 3.05) is 5.73 Å². The summed E-state index contributed by atoms with van der Waals surface area (Å²) in [6, 6.07) is 3.54. The van der Waals surface area contributed by atoms with Gasteiger partial charge in [-0.3, -0.25) is 4.98 Å². The van der Waals surface area contributed by atoms with Gasteiger partial charge in [0.05, 0.1) is 18.6 Å². The minimum Gasteiger partial charge on any atom is -0.382 e. The lowest BCUT2D eigenvalue weighted by Gasteiger charge is -2.03. The summed E-state index contributed by atoms with van der Waals surface area (Å²) in [5.74, 6) is 0.373. The van der Waals surface area contributed by atoms with Gasteiger partial charge in [-0.25, -0.2) is 15.0 Å². The van der Waals surface area contributed by atoms with Crippen LogP contribution in [0.25, 0.3) is 11.2 Å². The maximum absolute atomic E-state index is 5.92. The van der Waals surface area contributed by atoms with E-state index in [4.69, 9.17) is 17.3 Å². The molecule has 0 aromatic carbocycles. The van der Waals surface area contributed by atoms with Crippen molar-refractivity contribution >= 4 is 28.6 Å². The van der Waals surface area contributed by atoms with E-state index in [1.165, 1.54) is 6.33 Å². The zero-order chi connectivity index (χ0) is 12.5. The van der Waals surface area contributed by atoms with E-state index in [-0.39, 0.29) is 0 Å². The predicted molar refractivity (Wildman–Crippen MR) is 68.1 cm³/mol. The maximum Gasteiger partial charge on any atom is 0.165 e. The summed E-state index contributed by atoms with van der Waals surface area (Å²) >= 11 is 5.92. The molecule has 0 aliphatic carbocycles. The quantitative estimate of drug-likeness (QED) is 0.755. The first-order valence-corrected chi connectivity index (χ1v) is 5.63. The first-order chi connectivity index (χ1) is 8.74. The van der Waals surface area contributed by atoms with Gasteiger partial charge in [-0.2, -0.15) is 0 Å². The predicted octanol–water partition coefficient (Wildman–Crippen LogP) is 1.51. The minimum absolute atomic E-state index is 0.373. The second-order valence-corrected chi connectivity index (χ2v) is 4.21. The average molecular weight is 261 g/mol. The van der Waals surface area contributed by atoms with Gasteiger partial charge in [-0.05, 0) is 12.1 Å². The van der Waals surface area contributed by atoms with Crippen LogP contribution in [0.5, 0.6) is 0 Å². The average Bonchev–Trinajstić information content (AvgIpc) is 2.74. The maximum atomic E-state index is 5.92. The van der Waals surface area contributed by atoms with Gasteiger partial charge >= 0.3 is 0 Å². The molecule has 3 heterocycles. The van der Waals surface area contributed by atoms with Gasteiger partial charge in [0.1, 0.15) is 11.8 Å². The van der Waals surface area contributed by atoms with Crippen LogP contribution in [0, 0.1) is 0 Å². The van der Waals surface area contributed by atoms with Gasteiger partial charge in [-0.15, -0.1) is 0 Å². The number of halogens is 1. The zero-order valence-electron chi connectivity index (χ0n) is 9.29. The highest BCUT2D eigenvalue weighted by Gasteiger charge is 2.08. The monoisotopic (exact) mass is 260 g/mol. The number of nitrogens with zero attached hydrogens (tertiary/aromatic N) is 5. The second-order valence-electron chi connectivity index (χ2n) is 3.77. The van der Waals surface area contributed by atoms with Crippen molar-refractivity contribution in [2.24, 2.45) is 0 Å². The van der Waals surface area contributed by atoms with Crippen molar-refractivity contribution in [3.63, 3.8) is 0 Å². The van der Waals surface area contributed by atoms with Gasteiger partial charge < -0.3 is 10.3 Å². The Morgan fingerprint density at radius 1 is 1.22 bits per heavy atom. The second kappa shape index (κ2) is 4.23. The van der Waals surface area contributed by atoms with Crippen LogP contribution >= 0.6 is 11.6 Å². The molecule has 0 saturated heterocycles. The fraction of sp³-hybridized carbons (Fsp3) is 0.0909. The molecule has 2 N–H and O–H groups in total. The van der Waals surface area contributed by atoms with Crippen LogP contribution in [0.3, 0.4) is 0 Å². The number of nitrogen functional groups attached to an aromatic ring is 1. The van der Waals surface area contributed by atoms with E-state index in [0.29, 0.717) is 28.5 Å². The highest BCUT2D eigenvalue weighted by atomic mass is 35.5. The number of hydrogen-bond acceptors (Lipinski definition) is 5. The molecule has 90 valence electrons. The summed E-state index contributed by atoms with van der Waals surface area (Å²) in [5, 5.41) is 0.651. The Morgan fingerprint density at radius 3 is 2.94 bits per heavy atom. The molecule has 3 aromatic heterocycles. The molecule has 0 saturated carbocycles. The van der Waals surface area contributed by atoms with Crippen LogP contribution in [-0.4, -0.2) is 24.5 Å². The van der Waals surface area contributed by atoms with Crippen molar-refractivity contribution in [2.45, 2.75) is 6.54 Å². The largest absolute Gasteiger partial charge is 0.382 e. The van der Waals surface area contributed by atoms with E-state index in [1.807, 2.05) is 4.57 Å². The summed E-state index contributed by atoms with van der Waals surface area (Å²) in [5.41, 5.74) is 7.84. The summed E-state index contributed by atoms with van der Waals surface area (Å²) in [7, 11) is 0. The first-order valence-electron chi connectivity index (χ1n) is 5.26. The first kappa shape index (κ1) is 10.9. The molecular weight excluding hydrogens is 252 g/mol. The fourth-order valence-corrected chi connectivity index (χ4v) is 1.91. The molecule has 7 heteroatoms. The number of rotatable bonds is 2. The molecule has 0 aliphatic heterocycles. The number of imidazole rings is 1. The van der Waals surface area contributed by atoms with E-state index in [0.717, 1.165) is 5.69 Å². The van der Waals surface area contributed by atoms with Gasteiger partial charge in [0.15, 0.2) is 11.5 Å². The number of aromatic nitrogens is 5. The van der Waals surface area contributed by atoms with Crippen LogP contribution in [0.4, 0.5) is 5.82 Å². The summed E-state index contributed by atoms with van der Waals surface area (Å²) < 4.78 is 1.85. The number of anilines is 1. The van der Waals surface area contributed by atoms with Gasteiger partial charge in [0, 0.05) is 11.2 Å². The van der Waals surface area contributed by atoms with Crippen LogP contribution in [-0.2, 0) is 6.54 Å². The summed E-state index contributed by atoms with van der Waals surface area (Å²) in [6.45, 7) is 0.535. The van der Waals surface area contributed by atoms with Gasteiger partial charge in [0.2, 0.25) is 0 Å². The molecule has 0 bridgehead atoms.